The Morgan fingerprint density at radius 2 is 1.18 bits per heavy atom. The van der Waals surface area contributed by atoms with Crippen LogP contribution >= 0.6 is 0 Å². The minimum atomic E-state index is 0. The van der Waals surface area contributed by atoms with Crippen LogP contribution in [0.15, 0.2) is 337 Å². The molecule has 10 aromatic heterocycles. The molecule has 18 heteroatoms. The Morgan fingerprint density at radius 3 is 1.95 bits per heavy atom. The number of fused-ring (bicyclic) bond motifs is 12. The largest absolute Gasteiger partial charge is 0.446 e. The molecule has 0 amide bonds. The van der Waals surface area contributed by atoms with Crippen LogP contribution in [0.25, 0.3) is 133 Å². The summed E-state index contributed by atoms with van der Waals surface area (Å²) < 4.78 is 26.7. The van der Waals surface area contributed by atoms with E-state index in [0.29, 0.717) is 23.9 Å². The van der Waals surface area contributed by atoms with Crippen molar-refractivity contribution in [2.24, 2.45) is 21.1 Å². The summed E-state index contributed by atoms with van der Waals surface area (Å²) in [6.45, 7) is 0.588. The number of para-hydroxylation sites is 7. The molecule has 597 valence electrons. The summed E-state index contributed by atoms with van der Waals surface area (Å²) in [5.41, 5.74) is 22.4. The second-order valence-electron chi connectivity index (χ2n) is 29.1. The first-order valence-corrected chi connectivity index (χ1v) is 38.8. The molecule has 22 aromatic rings. The molecular formula is C102H70Cu3N13O2-9. The SMILES string of the molecule is CN1c2ccc(-c3cccc4c3[c-]cn4C)[c-]c2N(c2nc3c(-c4[c-]cccc4)cccc3n2C)c2ccccc21.Cn1cc[c-]c1-n1ccc2ccc(-n3c4ccccc4c4ccc(-n5c6[c-]cccc6c6ccccc65)nc43)[c-]c21.[Cu].[Cu].[Cu].[c-]1ccccc1C[C-](CN(c1ccccc1)c1nc2c(-n3[c-]ccc3)coc2o1)c1ccccc1. The van der Waals surface area contributed by atoms with Crippen molar-refractivity contribution < 1.29 is 60.0 Å². The zero-order chi connectivity index (χ0) is 78.2. The Labute approximate surface area is 724 Å². The summed E-state index contributed by atoms with van der Waals surface area (Å²) in [5.74, 6) is 4.28. The number of aromatic nitrogens is 10. The van der Waals surface area contributed by atoms with E-state index in [2.05, 4.69) is 324 Å². The van der Waals surface area contributed by atoms with E-state index in [4.69, 9.17) is 23.8 Å². The molecule has 0 N–H and O–H groups in total. The fourth-order valence-electron chi connectivity index (χ4n) is 16.6. The molecule has 0 aliphatic carbocycles. The Kier molecular flexibility index (Phi) is 21.0. The van der Waals surface area contributed by atoms with Crippen molar-refractivity contribution in [3.05, 3.63) is 394 Å². The van der Waals surface area contributed by atoms with Crippen LogP contribution < -0.4 is 14.7 Å². The molecule has 0 unspecified atom stereocenters. The standard InChI is InChI=1S/C36H22N5.C36H26N5.C30H22N3O2.3Cu/c1-38-21-8-15-35(38)39-22-20-24-16-17-25(23-33(24)39)40-30-12-5-4-11-28(30)29-18-19-34(37-36(29)40)41-31-13-6-2-9-26(31)27-10-3-7-14-32(27)41;1-38-22-21-28-26(13-9-17-29(28)38)25-19-20-31-34(23-25)41(32-16-8-7-15-30(32)39(31)2)36-37-35-27(24-11-5-4-6-12-24)14-10-18-33(35)40(36)3;1-4-12-23(13-5-1)20-25(24-14-6-2-7-15-24)21-33(26-16-8-3-9-17-26)30-31-28-27(22-34-29(28)35-30)32-18-10-11-19-32;;;/h2-13,16-22H,1H3;4-11,13-20,22H,1-3H3;1-12,14-18,22H,20-21H2;;;/q3*-3;;;. The van der Waals surface area contributed by atoms with Gasteiger partial charge in [-0.1, -0.05) is 156 Å². The smallest absolute Gasteiger partial charge is 0.310 e. The van der Waals surface area contributed by atoms with Crippen molar-refractivity contribution in [1.82, 2.24) is 46.9 Å². The van der Waals surface area contributed by atoms with Crippen molar-refractivity contribution >= 4 is 128 Å². The van der Waals surface area contributed by atoms with Crippen LogP contribution in [-0.2, 0) is 78.8 Å². The van der Waals surface area contributed by atoms with Gasteiger partial charge in [-0.3, -0.25) is 4.90 Å². The van der Waals surface area contributed by atoms with Gasteiger partial charge in [-0.25, -0.2) is 22.1 Å². The Balaban J connectivity index is 0.000000122. The van der Waals surface area contributed by atoms with E-state index in [1.807, 2.05) is 121 Å². The third kappa shape index (κ3) is 13.6. The summed E-state index contributed by atoms with van der Waals surface area (Å²) in [6, 6.07) is 127. The van der Waals surface area contributed by atoms with Crippen LogP contribution in [0.1, 0.15) is 11.1 Å². The summed E-state index contributed by atoms with van der Waals surface area (Å²) in [6.07, 6.45) is 13.5. The van der Waals surface area contributed by atoms with E-state index < -0.39 is 0 Å². The number of hydrogen-bond donors (Lipinski definition) is 0. The number of imidazole rings is 1. The molecule has 0 fully saturated rings. The number of nitrogens with zero attached hydrogens (tertiary/aromatic N) is 13. The maximum Gasteiger partial charge on any atom is 0.310 e. The Bertz CT molecular complexity index is 7390. The van der Waals surface area contributed by atoms with Crippen molar-refractivity contribution in [2.45, 2.75) is 6.42 Å². The summed E-state index contributed by atoms with van der Waals surface area (Å²) >= 11 is 0. The zero-order valence-corrected chi connectivity index (χ0v) is 68.0. The van der Waals surface area contributed by atoms with Gasteiger partial charge in [0, 0.05) is 105 Å². The van der Waals surface area contributed by atoms with Crippen molar-refractivity contribution in [1.29, 1.82) is 0 Å². The van der Waals surface area contributed by atoms with Gasteiger partial charge in [-0.05, 0) is 91.7 Å². The number of aryl methyl sites for hydroxylation is 3. The van der Waals surface area contributed by atoms with Gasteiger partial charge >= 0.3 is 11.8 Å². The third-order valence-electron chi connectivity index (χ3n) is 22.2. The van der Waals surface area contributed by atoms with Gasteiger partial charge in [0.25, 0.3) is 0 Å². The Hall–Kier alpha value is -13.9. The van der Waals surface area contributed by atoms with Crippen LogP contribution in [-0.4, -0.2) is 60.5 Å². The molecule has 1 aliphatic rings. The molecule has 0 bridgehead atoms. The van der Waals surface area contributed by atoms with Crippen LogP contribution in [0.5, 0.6) is 0 Å². The quantitative estimate of drug-likeness (QED) is 0.0782. The van der Waals surface area contributed by atoms with Gasteiger partial charge in [-0.2, -0.15) is 101 Å². The van der Waals surface area contributed by atoms with Crippen molar-refractivity contribution in [3.63, 3.8) is 0 Å². The molecule has 1 aliphatic heterocycles. The van der Waals surface area contributed by atoms with Crippen molar-refractivity contribution in [2.75, 3.05) is 28.3 Å². The van der Waals surface area contributed by atoms with Gasteiger partial charge in [0.1, 0.15) is 17.0 Å². The molecule has 0 atom stereocenters. The Morgan fingerprint density at radius 1 is 0.458 bits per heavy atom. The van der Waals surface area contributed by atoms with E-state index in [1.165, 1.54) is 22.3 Å². The van der Waals surface area contributed by atoms with E-state index in [0.717, 1.165) is 157 Å². The fraction of sp³-hybridized carbons (Fsp3) is 0.0588. The minimum Gasteiger partial charge on any atom is -0.446 e. The van der Waals surface area contributed by atoms with Gasteiger partial charge in [0.2, 0.25) is 5.95 Å². The summed E-state index contributed by atoms with van der Waals surface area (Å²) in [5, 5.41) is 6.84. The number of anilines is 7. The number of rotatable bonds is 14. The maximum absolute atomic E-state index is 6.15. The number of hydrogen-bond acceptors (Lipinski definition) is 8. The predicted octanol–water partition coefficient (Wildman–Crippen LogP) is 23.1. The summed E-state index contributed by atoms with van der Waals surface area (Å²) in [4.78, 5) is 22.1. The monoisotopic (exact) mass is 1700 g/mol. The van der Waals surface area contributed by atoms with Crippen molar-refractivity contribution in [3.8, 4) is 45.3 Å². The number of benzene rings is 12. The number of furan rings is 1. The molecule has 15 nitrogen and oxygen atoms in total. The van der Waals surface area contributed by atoms with E-state index in [1.54, 1.807) is 6.26 Å². The van der Waals surface area contributed by atoms with Gasteiger partial charge < -0.3 is 50.6 Å². The first kappa shape index (κ1) is 77.3. The maximum atomic E-state index is 6.15. The molecule has 0 saturated heterocycles. The van der Waals surface area contributed by atoms with Gasteiger partial charge in [-0.15, -0.1) is 130 Å². The van der Waals surface area contributed by atoms with E-state index >= 15 is 0 Å². The first-order chi connectivity index (χ1) is 57.7. The first-order valence-electron chi connectivity index (χ1n) is 38.8. The second-order valence-corrected chi connectivity index (χ2v) is 29.1. The van der Waals surface area contributed by atoms with Crippen LogP contribution in [0.4, 0.5) is 40.4 Å². The normalized spacial score (nSPS) is 11.7. The fourth-order valence-corrected chi connectivity index (χ4v) is 16.6. The molecular weight excluding hydrogens is 1630 g/mol. The van der Waals surface area contributed by atoms with E-state index in [-0.39, 0.29) is 51.2 Å². The molecule has 0 saturated carbocycles. The predicted molar refractivity (Wildman–Crippen MR) is 468 cm³/mol. The topological polar surface area (TPSA) is 109 Å². The zero-order valence-electron chi connectivity index (χ0n) is 65.1. The van der Waals surface area contributed by atoms with Gasteiger partial charge in [0.05, 0.1) is 34.2 Å². The van der Waals surface area contributed by atoms with Crippen LogP contribution in [0, 0.1) is 54.6 Å². The van der Waals surface area contributed by atoms with Crippen LogP contribution in [0.2, 0.25) is 0 Å². The molecule has 12 aromatic carbocycles. The summed E-state index contributed by atoms with van der Waals surface area (Å²) in [7, 11) is 8.30. The minimum absolute atomic E-state index is 0. The third-order valence-corrected chi connectivity index (χ3v) is 22.2. The number of pyridine rings is 1. The molecule has 3 radical (unpaired) electrons. The van der Waals surface area contributed by atoms with Gasteiger partial charge in [0.15, 0.2) is 0 Å². The molecule has 120 heavy (non-hydrogen) atoms. The molecule has 23 rings (SSSR count). The second kappa shape index (κ2) is 32.5. The average Bonchev–Trinajstić information content (AvgIpc) is 1.49. The molecule has 11 heterocycles. The average molecular weight is 1700 g/mol. The molecule has 0 spiro atoms. The van der Waals surface area contributed by atoms with Crippen LogP contribution in [0.3, 0.4) is 0 Å². The number of oxazole rings is 1. The van der Waals surface area contributed by atoms with E-state index in [9.17, 15) is 0 Å².